The number of aromatic nitrogens is 1. The van der Waals surface area contributed by atoms with Crippen molar-refractivity contribution in [1.29, 1.82) is 0 Å². The summed E-state index contributed by atoms with van der Waals surface area (Å²) in [5.74, 6) is 1.32. The predicted molar refractivity (Wildman–Crippen MR) is 83.6 cm³/mol. The second-order valence-electron chi connectivity index (χ2n) is 7.19. The Kier molecular flexibility index (Phi) is 3.82. The van der Waals surface area contributed by atoms with Crippen LogP contribution in [0.25, 0.3) is 0 Å². The lowest BCUT2D eigenvalue weighted by atomic mass is 9.92. The van der Waals surface area contributed by atoms with Crippen LogP contribution in [-0.4, -0.2) is 27.7 Å². The maximum atomic E-state index is 11.9. The molecule has 21 heavy (non-hydrogen) atoms. The van der Waals surface area contributed by atoms with Crippen LogP contribution >= 0.6 is 0 Å². The second-order valence-corrected chi connectivity index (χ2v) is 7.19. The molecule has 0 radical (unpaired) electrons. The molecule has 1 aromatic rings. The van der Waals surface area contributed by atoms with Crippen molar-refractivity contribution in [2.24, 2.45) is 11.8 Å². The first kappa shape index (κ1) is 14.6. The molecule has 0 aromatic carbocycles. The van der Waals surface area contributed by atoms with Crippen molar-refractivity contribution in [2.45, 2.75) is 52.6 Å². The number of likely N-dealkylation sites (tertiary alicyclic amines) is 1. The molecular weight excluding hydrogens is 264 g/mol. The molecule has 4 heteroatoms. The van der Waals surface area contributed by atoms with E-state index >= 15 is 0 Å². The SMILES string of the molecule is Cc1cc(=O)c(O)c(CN2CC(C)CC(C)C2)n1C1CC1. The molecular formula is C17H26N2O2. The van der Waals surface area contributed by atoms with Crippen LogP contribution in [0, 0.1) is 18.8 Å². The molecule has 3 rings (SSSR count). The molecule has 0 amide bonds. The van der Waals surface area contributed by atoms with E-state index in [-0.39, 0.29) is 11.2 Å². The number of hydrogen-bond acceptors (Lipinski definition) is 3. The van der Waals surface area contributed by atoms with Gasteiger partial charge in [0.1, 0.15) is 0 Å². The average Bonchev–Trinajstić information content (AvgIpc) is 3.19. The van der Waals surface area contributed by atoms with Gasteiger partial charge in [-0.1, -0.05) is 13.8 Å². The topological polar surface area (TPSA) is 45.5 Å². The van der Waals surface area contributed by atoms with Crippen LogP contribution in [0.4, 0.5) is 0 Å². The molecule has 1 aromatic heterocycles. The standard InChI is InChI=1S/C17H26N2O2/c1-11-6-12(2)9-18(8-11)10-15-17(21)16(20)7-13(3)19(15)14-4-5-14/h7,11-12,14,21H,4-6,8-10H2,1-3H3. The lowest BCUT2D eigenvalue weighted by Gasteiger charge is -2.35. The van der Waals surface area contributed by atoms with Gasteiger partial charge in [0, 0.05) is 37.4 Å². The summed E-state index contributed by atoms with van der Waals surface area (Å²) in [6.45, 7) is 9.34. The minimum absolute atomic E-state index is 0.0432. The van der Waals surface area contributed by atoms with Gasteiger partial charge < -0.3 is 9.67 Å². The van der Waals surface area contributed by atoms with Gasteiger partial charge in [-0.15, -0.1) is 0 Å². The summed E-state index contributed by atoms with van der Waals surface area (Å²) in [5, 5.41) is 10.3. The monoisotopic (exact) mass is 290 g/mol. The van der Waals surface area contributed by atoms with E-state index in [4.69, 9.17) is 0 Å². The van der Waals surface area contributed by atoms with Crippen LogP contribution in [0.5, 0.6) is 5.75 Å². The number of aromatic hydroxyl groups is 1. The second kappa shape index (κ2) is 5.48. The maximum Gasteiger partial charge on any atom is 0.223 e. The van der Waals surface area contributed by atoms with E-state index < -0.39 is 0 Å². The number of nitrogens with zero attached hydrogens (tertiary/aromatic N) is 2. The molecule has 116 valence electrons. The van der Waals surface area contributed by atoms with Crippen LogP contribution in [0.3, 0.4) is 0 Å². The van der Waals surface area contributed by atoms with Crippen LogP contribution in [0.2, 0.25) is 0 Å². The van der Waals surface area contributed by atoms with E-state index in [1.165, 1.54) is 6.42 Å². The van der Waals surface area contributed by atoms with Gasteiger partial charge in [0.25, 0.3) is 0 Å². The van der Waals surface area contributed by atoms with E-state index in [2.05, 4.69) is 23.3 Å². The zero-order valence-corrected chi connectivity index (χ0v) is 13.3. The summed E-state index contributed by atoms with van der Waals surface area (Å²) in [7, 11) is 0. The van der Waals surface area contributed by atoms with Gasteiger partial charge in [0.05, 0.1) is 5.69 Å². The Morgan fingerprint density at radius 1 is 1.24 bits per heavy atom. The van der Waals surface area contributed by atoms with Crippen molar-refractivity contribution in [2.75, 3.05) is 13.1 Å². The van der Waals surface area contributed by atoms with Crippen LogP contribution in [0.1, 0.15) is 50.5 Å². The van der Waals surface area contributed by atoms with Crippen molar-refractivity contribution in [3.8, 4) is 5.75 Å². The summed E-state index contributed by atoms with van der Waals surface area (Å²) in [4.78, 5) is 14.3. The lowest BCUT2D eigenvalue weighted by molar-refractivity contribution is 0.130. The van der Waals surface area contributed by atoms with Crippen molar-refractivity contribution >= 4 is 0 Å². The van der Waals surface area contributed by atoms with Gasteiger partial charge in [-0.3, -0.25) is 9.69 Å². The highest BCUT2D eigenvalue weighted by Crippen LogP contribution is 2.38. The molecule has 1 saturated heterocycles. The van der Waals surface area contributed by atoms with Gasteiger partial charge in [0.15, 0.2) is 5.75 Å². The van der Waals surface area contributed by atoms with E-state index in [9.17, 15) is 9.90 Å². The lowest BCUT2D eigenvalue weighted by Crippen LogP contribution is -2.39. The van der Waals surface area contributed by atoms with E-state index in [1.54, 1.807) is 6.07 Å². The van der Waals surface area contributed by atoms with Gasteiger partial charge in [-0.05, 0) is 38.0 Å². The Hall–Kier alpha value is -1.29. The Morgan fingerprint density at radius 3 is 2.43 bits per heavy atom. The number of pyridine rings is 1. The van der Waals surface area contributed by atoms with Crippen LogP contribution < -0.4 is 5.43 Å². The molecule has 2 atom stereocenters. The van der Waals surface area contributed by atoms with E-state index in [0.29, 0.717) is 24.4 Å². The highest BCUT2D eigenvalue weighted by atomic mass is 16.3. The quantitative estimate of drug-likeness (QED) is 0.931. The summed E-state index contributed by atoms with van der Waals surface area (Å²) >= 11 is 0. The molecule has 2 aliphatic rings. The first-order valence-corrected chi connectivity index (χ1v) is 8.12. The molecule has 1 aliphatic carbocycles. The smallest absolute Gasteiger partial charge is 0.223 e. The molecule has 2 fully saturated rings. The maximum absolute atomic E-state index is 11.9. The third-order valence-corrected chi connectivity index (χ3v) is 4.75. The van der Waals surface area contributed by atoms with E-state index in [0.717, 1.165) is 37.3 Å². The zero-order chi connectivity index (χ0) is 15.1. The van der Waals surface area contributed by atoms with Crippen molar-refractivity contribution in [3.05, 3.63) is 27.7 Å². The Morgan fingerprint density at radius 2 is 1.86 bits per heavy atom. The van der Waals surface area contributed by atoms with E-state index in [1.807, 2.05) is 6.92 Å². The van der Waals surface area contributed by atoms with Gasteiger partial charge >= 0.3 is 0 Å². The number of rotatable bonds is 3. The molecule has 1 aliphatic heterocycles. The average molecular weight is 290 g/mol. The molecule has 2 unspecified atom stereocenters. The van der Waals surface area contributed by atoms with Gasteiger partial charge in [-0.25, -0.2) is 0 Å². The van der Waals surface area contributed by atoms with Crippen molar-refractivity contribution < 1.29 is 5.11 Å². The van der Waals surface area contributed by atoms with Crippen LogP contribution in [0.15, 0.2) is 10.9 Å². The minimum atomic E-state index is -0.238. The highest BCUT2D eigenvalue weighted by Gasteiger charge is 2.30. The summed E-state index contributed by atoms with van der Waals surface area (Å²) in [6, 6.07) is 2.05. The molecule has 1 N–H and O–H groups in total. The minimum Gasteiger partial charge on any atom is -0.503 e. The van der Waals surface area contributed by atoms with Gasteiger partial charge in [0.2, 0.25) is 5.43 Å². The molecule has 1 saturated carbocycles. The third-order valence-electron chi connectivity index (χ3n) is 4.75. The molecule has 4 nitrogen and oxygen atoms in total. The first-order chi connectivity index (χ1) is 9.95. The predicted octanol–water partition coefficient (Wildman–Crippen LogP) is 2.68. The Bertz CT molecular complexity index is 579. The molecule has 2 heterocycles. The molecule has 0 spiro atoms. The Balaban J connectivity index is 1.92. The normalized spacial score (nSPS) is 27.0. The number of piperidine rings is 1. The number of hydrogen-bond donors (Lipinski definition) is 1. The van der Waals surface area contributed by atoms with Crippen molar-refractivity contribution in [1.82, 2.24) is 9.47 Å². The zero-order valence-electron chi connectivity index (χ0n) is 13.3. The first-order valence-electron chi connectivity index (χ1n) is 8.12. The summed E-state index contributed by atoms with van der Waals surface area (Å²) in [6.07, 6.45) is 3.58. The van der Waals surface area contributed by atoms with Crippen LogP contribution in [-0.2, 0) is 6.54 Å². The number of aryl methyl sites for hydroxylation is 1. The highest BCUT2D eigenvalue weighted by molar-refractivity contribution is 5.31. The fourth-order valence-corrected chi connectivity index (χ4v) is 3.92. The fourth-order valence-electron chi connectivity index (χ4n) is 3.92. The summed E-state index contributed by atoms with van der Waals surface area (Å²) in [5.41, 5.74) is 1.56. The van der Waals surface area contributed by atoms with Crippen molar-refractivity contribution in [3.63, 3.8) is 0 Å². The fraction of sp³-hybridized carbons (Fsp3) is 0.706. The Labute approximate surface area is 126 Å². The molecule has 0 bridgehead atoms. The van der Waals surface area contributed by atoms with Gasteiger partial charge in [-0.2, -0.15) is 0 Å². The largest absolute Gasteiger partial charge is 0.503 e. The summed E-state index contributed by atoms with van der Waals surface area (Å²) < 4.78 is 2.20. The third kappa shape index (κ3) is 3.00.